The van der Waals surface area contributed by atoms with Crippen molar-refractivity contribution in [1.82, 2.24) is 41.7 Å². The van der Waals surface area contributed by atoms with Crippen LogP contribution in [-0.4, -0.2) is 116 Å². The number of nitrogens with one attached hydrogen (secondary N) is 6. The van der Waals surface area contributed by atoms with Gasteiger partial charge in [-0.25, -0.2) is 0 Å². The number of carbonyl (C=O) groups excluding carboxylic acids is 6. The van der Waals surface area contributed by atoms with E-state index >= 15 is 0 Å². The maximum absolute atomic E-state index is 14.1. The molecule has 67 heavy (non-hydrogen) atoms. The number of rotatable bonds is 17. The molecule has 0 spiro atoms. The molecule has 7 rings (SSSR count). The lowest BCUT2D eigenvalue weighted by Crippen LogP contribution is -2.56. The molecule has 4 aliphatic rings. The van der Waals surface area contributed by atoms with Crippen molar-refractivity contribution in [2.45, 2.75) is 139 Å². The largest absolute Gasteiger partial charge is 0.348 e. The van der Waals surface area contributed by atoms with Gasteiger partial charge >= 0.3 is 0 Å². The summed E-state index contributed by atoms with van der Waals surface area (Å²) in [4.78, 5) is 80.4. The number of hydrogen-bond donors (Lipinski definition) is 6. The van der Waals surface area contributed by atoms with E-state index in [0.29, 0.717) is 25.8 Å². The summed E-state index contributed by atoms with van der Waals surface area (Å²) in [5.74, 6) is -0.757. The first kappa shape index (κ1) is 50.7. The summed E-state index contributed by atoms with van der Waals surface area (Å²) in [6, 6.07) is 21.5. The minimum Gasteiger partial charge on any atom is -0.348 e. The number of benzene rings is 3. The molecule has 3 aromatic carbocycles. The highest BCUT2D eigenvalue weighted by Gasteiger charge is 2.39. The molecule has 5 amide bonds. The van der Waals surface area contributed by atoms with Crippen LogP contribution in [0.25, 0.3) is 6.08 Å². The first-order valence-corrected chi connectivity index (χ1v) is 24.3. The molecule has 2 aliphatic carbocycles. The lowest BCUT2D eigenvalue weighted by molar-refractivity contribution is -0.141. The summed E-state index contributed by atoms with van der Waals surface area (Å²) in [7, 11) is 5.41. The fraction of sp³-hybridized carbons (Fsp3) is 0.509. The highest BCUT2D eigenvalue weighted by Crippen LogP contribution is 2.32. The molecule has 14 nitrogen and oxygen atoms in total. The number of aldehydes is 1. The molecule has 8 unspecified atom stereocenters. The Balaban J connectivity index is 0.000000321. The third-order valence-electron chi connectivity index (χ3n) is 13.9. The third-order valence-corrected chi connectivity index (χ3v) is 13.9. The lowest BCUT2D eigenvalue weighted by atomic mass is 9.87. The maximum Gasteiger partial charge on any atom is 0.246 e. The Hall–Kier alpha value is -5.70. The number of nitrogens with zero attached hydrogens (tertiary/aromatic N) is 2. The van der Waals surface area contributed by atoms with Crippen molar-refractivity contribution >= 4 is 41.9 Å². The van der Waals surface area contributed by atoms with Crippen molar-refractivity contribution in [3.8, 4) is 0 Å². The number of fused-ring (bicyclic) bond motifs is 2. The summed E-state index contributed by atoms with van der Waals surface area (Å²) in [6.45, 7) is 4.94. The molecule has 8 atom stereocenters. The molecule has 3 aromatic rings. The van der Waals surface area contributed by atoms with Gasteiger partial charge in [-0.15, -0.1) is 0 Å². The Morgan fingerprint density at radius 1 is 0.672 bits per heavy atom. The Morgan fingerprint density at radius 3 is 1.76 bits per heavy atom. The Kier molecular flexibility index (Phi) is 18.8. The fourth-order valence-corrected chi connectivity index (χ4v) is 9.65. The van der Waals surface area contributed by atoms with Crippen LogP contribution >= 0.6 is 0 Å². The van der Waals surface area contributed by atoms with Crippen LogP contribution in [0, 0.1) is 0 Å². The first-order chi connectivity index (χ1) is 32.4. The van der Waals surface area contributed by atoms with Crippen LogP contribution in [0.2, 0.25) is 0 Å². The fourth-order valence-electron chi connectivity index (χ4n) is 9.65. The quantitative estimate of drug-likeness (QED) is 0.107. The minimum atomic E-state index is -0.851. The van der Waals surface area contributed by atoms with Crippen LogP contribution in [0.15, 0.2) is 78.9 Å². The maximum atomic E-state index is 14.1. The van der Waals surface area contributed by atoms with E-state index in [1.807, 2.05) is 55.6 Å². The van der Waals surface area contributed by atoms with Crippen LogP contribution < -0.4 is 31.9 Å². The molecule has 2 saturated heterocycles. The zero-order valence-electron chi connectivity index (χ0n) is 40.0. The van der Waals surface area contributed by atoms with Crippen LogP contribution in [0.5, 0.6) is 0 Å². The minimum absolute atomic E-state index is 0.0779. The van der Waals surface area contributed by atoms with Crippen molar-refractivity contribution in [2.24, 2.45) is 0 Å². The molecule has 2 fully saturated rings. The second-order valence-corrected chi connectivity index (χ2v) is 18.5. The van der Waals surface area contributed by atoms with Gasteiger partial charge in [-0.1, -0.05) is 84.9 Å². The average Bonchev–Trinajstić information content (AvgIpc) is 4.03. The van der Waals surface area contributed by atoms with Crippen molar-refractivity contribution in [3.63, 3.8) is 0 Å². The van der Waals surface area contributed by atoms with Crippen LogP contribution in [-0.2, 0) is 48.0 Å². The lowest BCUT2D eigenvalue weighted by Gasteiger charge is -2.32. The molecule has 0 aromatic heterocycles. The molecule has 360 valence electrons. The van der Waals surface area contributed by atoms with Gasteiger partial charge in [0.25, 0.3) is 0 Å². The summed E-state index contributed by atoms with van der Waals surface area (Å²) in [5, 5.41) is 17.9. The zero-order valence-corrected chi connectivity index (χ0v) is 40.0. The first-order valence-electron chi connectivity index (χ1n) is 24.3. The van der Waals surface area contributed by atoms with E-state index in [0.717, 1.165) is 74.5 Å². The van der Waals surface area contributed by atoms with E-state index in [1.54, 1.807) is 32.8 Å². The monoisotopic (exact) mass is 917 g/mol. The van der Waals surface area contributed by atoms with Gasteiger partial charge in [-0.2, -0.15) is 0 Å². The van der Waals surface area contributed by atoms with Crippen molar-refractivity contribution in [3.05, 3.63) is 112 Å². The Labute approximate surface area is 396 Å². The molecule has 2 heterocycles. The normalized spacial score (nSPS) is 21.9. The molecule has 0 radical (unpaired) electrons. The van der Waals surface area contributed by atoms with Crippen molar-refractivity contribution in [1.29, 1.82) is 0 Å². The number of likely N-dealkylation sites (tertiary alicyclic amines) is 2. The van der Waals surface area contributed by atoms with Crippen LogP contribution in [0.4, 0.5) is 0 Å². The second-order valence-electron chi connectivity index (χ2n) is 18.5. The smallest absolute Gasteiger partial charge is 0.246 e. The molecule has 0 saturated carbocycles. The van der Waals surface area contributed by atoms with E-state index in [4.69, 9.17) is 0 Å². The van der Waals surface area contributed by atoms with Gasteiger partial charge in [-0.05, 0) is 146 Å². The molecule has 2 aliphatic heterocycles. The van der Waals surface area contributed by atoms with Crippen LogP contribution in [0.3, 0.4) is 0 Å². The summed E-state index contributed by atoms with van der Waals surface area (Å²) in [5.41, 5.74) is 6.86. The summed E-state index contributed by atoms with van der Waals surface area (Å²) >= 11 is 0. The highest BCUT2D eigenvalue weighted by molar-refractivity contribution is 5.94. The summed E-state index contributed by atoms with van der Waals surface area (Å²) in [6.07, 6.45) is 14.7. The summed E-state index contributed by atoms with van der Waals surface area (Å²) < 4.78 is 0. The number of amides is 5. The number of aryl methyl sites for hydroxylation is 2. The average molecular weight is 917 g/mol. The topological polar surface area (TPSA) is 181 Å². The highest BCUT2D eigenvalue weighted by atomic mass is 16.2. The van der Waals surface area contributed by atoms with E-state index in [1.165, 1.54) is 23.1 Å². The Bertz CT molecular complexity index is 2200. The third kappa shape index (κ3) is 13.7. The standard InChI is InChI=1S/C37H50N6O5.C16H22N2O/c1-24(38-3)34(45)40-29(23-44)13-7-10-26-17-19-27(20-18-26)22-32(42-35(46)25(2)39-4)37(48)43-21-9-16-33(43)36(47)41-31-15-8-12-28-11-5-6-14-30(28)31;1-18-11-5-10-15(18)16(19)17-14-9-4-7-12-6-2-3-8-13(12)14/h5-7,10-11,14,17-20,23-25,29,31-33,38-39H,8-9,12-13,15-16,21-22H2,1-4H3,(H,40,45)(H,41,47)(H,42,46);2-3,6,8,14-15H,4-5,7,9-11H2,1H3,(H,17,19)/b10-7+;. The van der Waals surface area contributed by atoms with Gasteiger partial charge in [0.05, 0.1) is 36.3 Å². The predicted molar refractivity (Wildman–Crippen MR) is 262 cm³/mol. The number of hydrogen-bond acceptors (Lipinski definition) is 9. The Morgan fingerprint density at radius 2 is 1.21 bits per heavy atom. The van der Waals surface area contributed by atoms with E-state index in [-0.39, 0.29) is 54.1 Å². The number of carbonyl (C=O) groups is 6. The van der Waals surface area contributed by atoms with Crippen LogP contribution in [0.1, 0.15) is 117 Å². The second kappa shape index (κ2) is 24.9. The molecular formula is C53H72N8O6. The van der Waals surface area contributed by atoms with Gasteiger partial charge in [0, 0.05) is 13.0 Å². The van der Waals surface area contributed by atoms with Gasteiger partial charge in [0.1, 0.15) is 18.4 Å². The molecule has 0 bridgehead atoms. The van der Waals surface area contributed by atoms with Gasteiger partial charge in [0.15, 0.2) is 0 Å². The van der Waals surface area contributed by atoms with E-state index in [9.17, 15) is 28.8 Å². The molecular weight excluding hydrogens is 845 g/mol. The van der Waals surface area contributed by atoms with Crippen molar-refractivity contribution in [2.75, 3.05) is 34.2 Å². The van der Waals surface area contributed by atoms with Crippen molar-refractivity contribution < 1.29 is 28.8 Å². The van der Waals surface area contributed by atoms with E-state index < -0.39 is 30.2 Å². The SMILES string of the molecule is CN1CCCC1C(=O)NC1CCCc2ccccc21.CNC(C)C(=O)NC(C=O)C/C=C/c1ccc(CC(NC(=O)C(C)NC)C(=O)N2CCCC2C(=O)NC2CCCc3ccccc32)cc1. The number of likely N-dealkylation sites (N-methyl/N-ethyl adjacent to an activating group) is 3. The predicted octanol–water partition coefficient (Wildman–Crippen LogP) is 4.48. The molecule has 14 heteroatoms. The zero-order chi connectivity index (χ0) is 47.9. The van der Waals surface area contributed by atoms with Gasteiger partial charge in [-0.3, -0.25) is 28.9 Å². The van der Waals surface area contributed by atoms with E-state index in [2.05, 4.69) is 73.2 Å². The van der Waals surface area contributed by atoms with Gasteiger partial charge < -0.3 is 41.6 Å². The van der Waals surface area contributed by atoms with Gasteiger partial charge in [0.2, 0.25) is 29.5 Å². The molecule has 6 N–H and O–H groups in total.